The summed E-state index contributed by atoms with van der Waals surface area (Å²) in [7, 11) is 3.04. The number of rotatable bonds is 3. The van der Waals surface area contributed by atoms with Crippen LogP contribution in [0.1, 0.15) is 16.2 Å². The summed E-state index contributed by atoms with van der Waals surface area (Å²) in [6.45, 7) is 0.995. The van der Waals surface area contributed by atoms with Gasteiger partial charge < -0.3 is 14.6 Å². The minimum absolute atomic E-state index is 0.225. The fourth-order valence-corrected chi connectivity index (χ4v) is 2.12. The Kier molecular flexibility index (Phi) is 4.15. The smallest absolute Gasteiger partial charge is 0.382 e. The maximum absolute atomic E-state index is 12.3. The number of nitrogens with zero attached hydrogens (tertiary/aromatic N) is 3. The quantitative estimate of drug-likeness (QED) is 0.941. The largest absolute Gasteiger partial charge is 0.416 e. The number of aliphatic hydroxyl groups excluding tert-OH is 1. The van der Waals surface area contributed by atoms with Crippen molar-refractivity contribution in [1.29, 1.82) is 0 Å². The van der Waals surface area contributed by atoms with Crippen molar-refractivity contribution in [3.8, 4) is 0 Å². The van der Waals surface area contributed by atoms with Gasteiger partial charge in [-0.25, -0.2) is 4.98 Å². The molecule has 1 unspecified atom stereocenters. The summed E-state index contributed by atoms with van der Waals surface area (Å²) in [6, 6.07) is 4.75. The van der Waals surface area contributed by atoms with Gasteiger partial charge in [0.15, 0.2) is 6.10 Å². The Morgan fingerprint density at radius 2 is 2.09 bits per heavy atom. The van der Waals surface area contributed by atoms with Gasteiger partial charge in [0.1, 0.15) is 5.82 Å². The van der Waals surface area contributed by atoms with Gasteiger partial charge in [-0.1, -0.05) is 0 Å². The molecule has 5 nitrogen and oxygen atoms in total. The minimum atomic E-state index is -4.75. The standard InChI is InChI=1S/C14H16F3N3O2/c1-8-18-10-6-9(4-5-11(10)20(8)3)13(22)19(2)7-12(21)14(15,16)17/h4-6,12,21H,7H2,1-3H3. The molecule has 120 valence electrons. The maximum atomic E-state index is 12.3. The topological polar surface area (TPSA) is 58.4 Å². The fraction of sp³-hybridized carbons (Fsp3) is 0.429. The molecule has 8 heteroatoms. The lowest BCUT2D eigenvalue weighted by molar-refractivity contribution is -0.205. The Morgan fingerprint density at radius 1 is 1.45 bits per heavy atom. The van der Waals surface area contributed by atoms with E-state index in [1.165, 1.54) is 19.2 Å². The lowest BCUT2D eigenvalue weighted by atomic mass is 10.1. The van der Waals surface area contributed by atoms with E-state index in [0.717, 1.165) is 16.2 Å². The second-order valence-corrected chi connectivity index (χ2v) is 5.16. The Hall–Kier alpha value is -2.09. The second kappa shape index (κ2) is 5.60. The monoisotopic (exact) mass is 315 g/mol. The van der Waals surface area contributed by atoms with Gasteiger partial charge in [-0.15, -0.1) is 0 Å². The van der Waals surface area contributed by atoms with E-state index in [1.54, 1.807) is 6.07 Å². The van der Waals surface area contributed by atoms with E-state index >= 15 is 0 Å². The average Bonchev–Trinajstić information content (AvgIpc) is 2.71. The number of carbonyl (C=O) groups excluding carboxylic acids is 1. The normalized spacial score (nSPS) is 13.4. The first-order valence-electron chi connectivity index (χ1n) is 6.54. The Morgan fingerprint density at radius 3 is 2.68 bits per heavy atom. The first-order chi connectivity index (χ1) is 10.1. The number of likely N-dealkylation sites (N-methyl/N-ethyl adjacent to an activating group) is 1. The molecule has 0 radical (unpaired) electrons. The molecule has 0 fully saturated rings. The first-order valence-corrected chi connectivity index (χ1v) is 6.54. The number of aryl methyl sites for hydroxylation is 2. The van der Waals surface area contributed by atoms with Crippen LogP contribution in [0.25, 0.3) is 11.0 Å². The SMILES string of the molecule is Cc1nc2cc(C(=O)N(C)CC(O)C(F)(F)F)ccc2n1C. The predicted molar refractivity (Wildman–Crippen MR) is 74.5 cm³/mol. The Labute approximate surface area is 125 Å². The number of amides is 1. The zero-order chi connectivity index (χ0) is 16.7. The van der Waals surface area contributed by atoms with E-state index in [1.807, 2.05) is 18.5 Å². The predicted octanol–water partition coefficient (Wildman–Crippen LogP) is 1.88. The highest BCUT2D eigenvalue weighted by atomic mass is 19.4. The van der Waals surface area contributed by atoms with Crippen molar-refractivity contribution < 1.29 is 23.1 Å². The summed E-state index contributed by atoms with van der Waals surface area (Å²) < 4.78 is 38.8. The number of imidazole rings is 1. The van der Waals surface area contributed by atoms with Crippen molar-refractivity contribution in [2.24, 2.45) is 7.05 Å². The molecule has 0 aliphatic heterocycles. The molecule has 2 rings (SSSR count). The van der Waals surface area contributed by atoms with Crippen LogP contribution < -0.4 is 0 Å². The molecule has 0 saturated carbocycles. The van der Waals surface area contributed by atoms with E-state index in [2.05, 4.69) is 4.98 Å². The molecule has 0 spiro atoms. The van der Waals surface area contributed by atoms with Gasteiger partial charge >= 0.3 is 6.18 Å². The highest BCUT2D eigenvalue weighted by molar-refractivity contribution is 5.97. The van der Waals surface area contributed by atoms with Gasteiger partial charge in [0, 0.05) is 19.7 Å². The molecule has 22 heavy (non-hydrogen) atoms. The molecule has 1 heterocycles. The number of aliphatic hydroxyl groups is 1. The molecule has 1 amide bonds. The van der Waals surface area contributed by atoms with E-state index in [9.17, 15) is 18.0 Å². The zero-order valence-electron chi connectivity index (χ0n) is 12.3. The summed E-state index contributed by atoms with van der Waals surface area (Å²) in [5.41, 5.74) is 1.64. The van der Waals surface area contributed by atoms with E-state index in [4.69, 9.17) is 5.11 Å². The van der Waals surface area contributed by atoms with Crippen LogP contribution in [0.5, 0.6) is 0 Å². The highest BCUT2D eigenvalue weighted by Crippen LogP contribution is 2.21. The molecule has 0 bridgehead atoms. The van der Waals surface area contributed by atoms with Crippen molar-refractivity contribution in [3.05, 3.63) is 29.6 Å². The first kappa shape index (κ1) is 16.3. The molecule has 1 aromatic carbocycles. The molecular formula is C14H16F3N3O2. The lowest BCUT2D eigenvalue weighted by Gasteiger charge is -2.22. The van der Waals surface area contributed by atoms with E-state index in [-0.39, 0.29) is 5.56 Å². The summed E-state index contributed by atoms with van der Waals surface area (Å²) in [5, 5.41) is 9.03. The second-order valence-electron chi connectivity index (χ2n) is 5.16. The fourth-order valence-electron chi connectivity index (χ4n) is 2.12. The Bertz CT molecular complexity index is 709. The molecular weight excluding hydrogens is 299 g/mol. The van der Waals surface area contributed by atoms with Gasteiger partial charge in [-0.2, -0.15) is 13.2 Å². The highest BCUT2D eigenvalue weighted by Gasteiger charge is 2.39. The number of fused-ring (bicyclic) bond motifs is 1. The molecule has 1 aromatic heterocycles. The van der Waals surface area contributed by atoms with Gasteiger partial charge in [0.05, 0.1) is 17.6 Å². The van der Waals surface area contributed by atoms with Gasteiger partial charge in [0.25, 0.3) is 5.91 Å². The summed E-state index contributed by atoms with van der Waals surface area (Å²) in [5.74, 6) is 0.161. The van der Waals surface area contributed by atoms with Gasteiger partial charge in [0.2, 0.25) is 0 Å². The van der Waals surface area contributed by atoms with E-state index < -0.39 is 24.7 Å². The van der Waals surface area contributed by atoms with Crippen molar-refractivity contribution in [3.63, 3.8) is 0 Å². The van der Waals surface area contributed by atoms with E-state index in [0.29, 0.717) is 5.52 Å². The molecule has 0 saturated heterocycles. The van der Waals surface area contributed by atoms with Gasteiger partial charge in [-0.3, -0.25) is 4.79 Å². The third kappa shape index (κ3) is 3.06. The molecule has 0 aliphatic rings. The van der Waals surface area contributed by atoms with Crippen LogP contribution in [0.3, 0.4) is 0 Å². The van der Waals surface area contributed by atoms with Crippen molar-refractivity contribution >= 4 is 16.9 Å². The summed E-state index contributed by atoms with van der Waals surface area (Å²) in [6.07, 6.45) is -7.32. The van der Waals surface area contributed by atoms with Crippen molar-refractivity contribution in [2.75, 3.05) is 13.6 Å². The third-order valence-corrected chi connectivity index (χ3v) is 3.52. The summed E-state index contributed by atoms with van der Waals surface area (Å²) in [4.78, 5) is 17.3. The molecule has 0 aliphatic carbocycles. The third-order valence-electron chi connectivity index (χ3n) is 3.52. The number of carbonyl (C=O) groups is 1. The number of hydrogen-bond acceptors (Lipinski definition) is 3. The number of halogens is 3. The van der Waals surface area contributed by atoms with Crippen molar-refractivity contribution in [2.45, 2.75) is 19.2 Å². The van der Waals surface area contributed by atoms with Crippen LogP contribution in [-0.2, 0) is 7.05 Å². The number of aromatic nitrogens is 2. The zero-order valence-corrected chi connectivity index (χ0v) is 12.3. The van der Waals surface area contributed by atoms with Crippen LogP contribution >= 0.6 is 0 Å². The lowest BCUT2D eigenvalue weighted by Crippen LogP contribution is -2.41. The van der Waals surface area contributed by atoms with Crippen LogP contribution in [-0.4, -0.2) is 51.3 Å². The molecule has 1 atom stereocenters. The molecule has 2 aromatic rings. The van der Waals surface area contributed by atoms with Crippen LogP contribution in [0.15, 0.2) is 18.2 Å². The van der Waals surface area contributed by atoms with Crippen LogP contribution in [0.2, 0.25) is 0 Å². The number of alkyl halides is 3. The molecule has 1 N–H and O–H groups in total. The van der Waals surface area contributed by atoms with Gasteiger partial charge in [-0.05, 0) is 25.1 Å². The average molecular weight is 315 g/mol. The van der Waals surface area contributed by atoms with Crippen LogP contribution in [0.4, 0.5) is 13.2 Å². The van der Waals surface area contributed by atoms with Crippen LogP contribution in [0, 0.1) is 6.92 Å². The number of hydrogen-bond donors (Lipinski definition) is 1. The maximum Gasteiger partial charge on any atom is 0.416 e. The Balaban J connectivity index is 2.22. The summed E-state index contributed by atoms with van der Waals surface area (Å²) >= 11 is 0. The number of benzene rings is 1. The van der Waals surface area contributed by atoms with Crippen molar-refractivity contribution in [1.82, 2.24) is 14.5 Å². The minimum Gasteiger partial charge on any atom is -0.382 e.